The highest BCUT2D eigenvalue weighted by Gasteiger charge is 2.09. The number of rotatable bonds is 4. The number of nitrogens with zero attached hydrogens (tertiary/aromatic N) is 2. The third-order valence-electron chi connectivity index (χ3n) is 3.00. The van der Waals surface area contributed by atoms with E-state index < -0.39 is 0 Å². The van der Waals surface area contributed by atoms with Crippen LogP contribution < -0.4 is 10.5 Å². The zero-order valence-corrected chi connectivity index (χ0v) is 11.5. The lowest BCUT2D eigenvalue weighted by Gasteiger charge is -2.13. The highest BCUT2D eigenvalue weighted by Crippen LogP contribution is 2.25. The van der Waals surface area contributed by atoms with Crippen molar-refractivity contribution in [1.82, 2.24) is 4.98 Å². The largest absolute Gasteiger partial charge is 0.488 e. The monoisotopic (exact) mass is 271 g/mol. The van der Waals surface area contributed by atoms with Crippen molar-refractivity contribution in [3.05, 3.63) is 58.9 Å². The maximum Gasteiger partial charge on any atom is 0.170 e. The molecule has 1 aromatic carbocycles. The molecule has 0 atom stereocenters. The molecule has 0 aliphatic heterocycles. The van der Waals surface area contributed by atoms with E-state index in [9.17, 15) is 0 Å². The normalized spacial score (nSPS) is 11.4. The first-order valence-corrected chi connectivity index (χ1v) is 6.22. The molecule has 1 heterocycles. The van der Waals surface area contributed by atoms with Gasteiger partial charge in [-0.2, -0.15) is 0 Å². The molecule has 2 rings (SSSR count). The van der Waals surface area contributed by atoms with Crippen LogP contribution in [-0.2, 0) is 6.61 Å². The van der Waals surface area contributed by atoms with Gasteiger partial charge in [0, 0.05) is 18.0 Å². The van der Waals surface area contributed by atoms with Crippen molar-refractivity contribution in [1.29, 1.82) is 0 Å². The summed E-state index contributed by atoms with van der Waals surface area (Å²) in [5, 5.41) is 11.7. The van der Waals surface area contributed by atoms with E-state index in [0.717, 1.165) is 22.4 Å². The Hall–Kier alpha value is -2.56. The Kier molecular flexibility index (Phi) is 4.20. The lowest BCUT2D eigenvalue weighted by Crippen LogP contribution is -2.14. The van der Waals surface area contributed by atoms with Gasteiger partial charge in [-0.15, -0.1) is 0 Å². The summed E-state index contributed by atoms with van der Waals surface area (Å²) in [7, 11) is 0. The van der Waals surface area contributed by atoms with Crippen LogP contribution in [-0.4, -0.2) is 16.0 Å². The fraction of sp³-hybridized carbons (Fsp3) is 0.200. The van der Waals surface area contributed by atoms with Crippen LogP contribution >= 0.6 is 0 Å². The number of benzene rings is 1. The van der Waals surface area contributed by atoms with E-state index in [0.29, 0.717) is 12.2 Å². The molecule has 0 saturated carbocycles. The molecular formula is C15H17N3O2. The summed E-state index contributed by atoms with van der Waals surface area (Å²) in [4.78, 5) is 3.97. The smallest absolute Gasteiger partial charge is 0.170 e. The Morgan fingerprint density at radius 3 is 2.40 bits per heavy atom. The summed E-state index contributed by atoms with van der Waals surface area (Å²) in [6, 6.07) is 7.50. The predicted octanol–water partition coefficient (Wildman–Crippen LogP) is 2.37. The van der Waals surface area contributed by atoms with E-state index in [2.05, 4.69) is 10.1 Å². The molecule has 0 spiro atoms. The Balaban J connectivity index is 2.21. The fourth-order valence-electron chi connectivity index (χ4n) is 2.02. The molecule has 0 unspecified atom stereocenters. The van der Waals surface area contributed by atoms with Crippen molar-refractivity contribution in [2.45, 2.75) is 20.5 Å². The molecule has 0 saturated heterocycles. The lowest BCUT2D eigenvalue weighted by molar-refractivity contribution is 0.301. The van der Waals surface area contributed by atoms with Gasteiger partial charge in [-0.25, -0.2) is 0 Å². The second-order valence-corrected chi connectivity index (χ2v) is 4.57. The number of nitrogens with two attached hydrogens (primary N) is 1. The van der Waals surface area contributed by atoms with Crippen LogP contribution in [0.4, 0.5) is 0 Å². The Labute approximate surface area is 117 Å². The molecule has 0 amide bonds. The quantitative estimate of drug-likeness (QED) is 0.387. The Morgan fingerprint density at radius 2 is 1.85 bits per heavy atom. The minimum atomic E-state index is 0.0943. The van der Waals surface area contributed by atoms with Crippen molar-refractivity contribution in [2.75, 3.05) is 0 Å². The molecule has 1 aromatic heterocycles. The van der Waals surface area contributed by atoms with Gasteiger partial charge in [0.1, 0.15) is 12.4 Å². The third-order valence-corrected chi connectivity index (χ3v) is 3.00. The van der Waals surface area contributed by atoms with Gasteiger partial charge >= 0.3 is 0 Å². The van der Waals surface area contributed by atoms with Gasteiger partial charge in [0.25, 0.3) is 0 Å². The predicted molar refractivity (Wildman–Crippen MR) is 77.0 cm³/mol. The van der Waals surface area contributed by atoms with E-state index >= 15 is 0 Å². The molecule has 20 heavy (non-hydrogen) atoms. The van der Waals surface area contributed by atoms with Crippen LogP contribution in [0.3, 0.4) is 0 Å². The molecule has 5 heteroatoms. The molecular weight excluding hydrogens is 254 g/mol. The Bertz CT molecular complexity index is 601. The molecule has 3 N–H and O–H groups in total. The maximum atomic E-state index is 8.72. The number of aromatic nitrogens is 1. The third kappa shape index (κ3) is 3.06. The first kappa shape index (κ1) is 13.9. The summed E-state index contributed by atoms with van der Waals surface area (Å²) in [6.45, 7) is 4.35. The van der Waals surface area contributed by atoms with Crippen LogP contribution in [0.15, 0.2) is 41.8 Å². The number of pyridine rings is 1. The number of aryl methyl sites for hydroxylation is 2. The van der Waals surface area contributed by atoms with Crippen LogP contribution in [0.1, 0.15) is 22.3 Å². The van der Waals surface area contributed by atoms with Gasteiger partial charge in [-0.05, 0) is 54.8 Å². The van der Waals surface area contributed by atoms with E-state index in [1.54, 1.807) is 12.4 Å². The van der Waals surface area contributed by atoms with Crippen LogP contribution in [0.5, 0.6) is 5.75 Å². The van der Waals surface area contributed by atoms with Crippen molar-refractivity contribution < 1.29 is 9.94 Å². The summed E-state index contributed by atoms with van der Waals surface area (Å²) >= 11 is 0. The van der Waals surface area contributed by atoms with E-state index in [1.165, 1.54) is 0 Å². The average molecular weight is 271 g/mol. The van der Waals surface area contributed by atoms with Crippen molar-refractivity contribution in [2.24, 2.45) is 10.9 Å². The second-order valence-electron chi connectivity index (χ2n) is 4.57. The molecule has 0 aliphatic rings. The van der Waals surface area contributed by atoms with Gasteiger partial charge in [-0.1, -0.05) is 5.16 Å². The standard InChI is InChI=1S/C15H17N3O2/c1-10-7-13(15(16)18-19)8-11(2)14(10)20-9-12-3-5-17-6-4-12/h3-8,19H,9H2,1-2H3,(H2,16,18). The molecule has 5 nitrogen and oxygen atoms in total. The summed E-state index contributed by atoms with van der Waals surface area (Å²) in [5.41, 5.74) is 9.22. The minimum absolute atomic E-state index is 0.0943. The number of amidine groups is 1. The van der Waals surface area contributed by atoms with Gasteiger partial charge in [0.2, 0.25) is 0 Å². The molecule has 0 radical (unpaired) electrons. The van der Waals surface area contributed by atoms with Crippen molar-refractivity contribution in [3.8, 4) is 5.75 Å². The molecule has 104 valence electrons. The number of hydrogen-bond donors (Lipinski definition) is 2. The molecule has 2 aromatic rings. The zero-order chi connectivity index (χ0) is 14.5. The van der Waals surface area contributed by atoms with Crippen molar-refractivity contribution >= 4 is 5.84 Å². The number of ether oxygens (including phenoxy) is 1. The van der Waals surface area contributed by atoms with Crippen LogP contribution in [0.2, 0.25) is 0 Å². The second kappa shape index (κ2) is 6.06. The first-order chi connectivity index (χ1) is 9.61. The summed E-state index contributed by atoms with van der Waals surface area (Å²) < 4.78 is 5.85. The SMILES string of the molecule is Cc1cc(C(N)=NO)cc(C)c1OCc1ccncc1. The average Bonchev–Trinajstić information content (AvgIpc) is 2.46. The molecule has 0 bridgehead atoms. The number of oxime groups is 1. The maximum absolute atomic E-state index is 8.72. The minimum Gasteiger partial charge on any atom is -0.488 e. The van der Waals surface area contributed by atoms with E-state index in [-0.39, 0.29) is 5.84 Å². The van der Waals surface area contributed by atoms with Crippen LogP contribution in [0, 0.1) is 13.8 Å². The van der Waals surface area contributed by atoms with E-state index in [1.807, 2.05) is 38.1 Å². The van der Waals surface area contributed by atoms with Gasteiger partial charge in [0.05, 0.1) is 0 Å². The molecule has 0 fully saturated rings. The molecule has 0 aliphatic carbocycles. The van der Waals surface area contributed by atoms with Crippen molar-refractivity contribution in [3.63, 3.8) is 0 Å². The summed E-state index contributed by atoms with van der Waals surface area (Å²) in [5.74, 6) is 0.910. The number of hydrogen-bond acceptors (Lipinski definition) is 4. The van der Waals surface area contributed by atoms with Gasteiger partial charge < -0.3 is 15.7 Å². The topological polar surface area (TPSA) is 80.7 Å². The first-order valence-electron chi connectivity index (χ1n) is 6.22. The highest BCUT2D eigenvalue weighted by molar-refractivity contribution is 5.97. The van der Waals surface area contributed by atoms with Gasteiger partial charge in [0.15, 0.2) is 5.84 Å². The van der Waals surface area contributed by atoms with Crippen LogP contribution in [0.25, 0.3) is 0 Å². The fourth-order valence-corrected chi connectivity index (χ4v) is 2.02. The summed E-state index contributed by atoms with van der Waals surface area (Å²) in [6.07, 6.45) is 3.47. The van der Waals surface area contributed by atoms with E-state index in [4.69, 9.17) is 15.7 Å². The lowest BCUT2D eigenvalue weighted by atomic mass is 10.1. The highest BCUT2D eigenvalue weighted by atomic mass is 16.5. The van der Waals surface area contributed by atoms with Gasteiger partial charge in [-0.3, -0.25) is 4.98 Å². The Morgan fingerprint density at radius 1 is 1.25 bits per heavy atom. The zero-order valence-electron chi connectivity index (χ0n) is 11.5.